The molecule has 1 aromatic heterocycles. The fraction of sp³-hybridized carbons (Fsp3) is 0.467. The summed E-state index contributed by atoms with van der Waals surface area (Å²) in [5, 5.41) is 13.5. The SMILES string of the molecule is CC(C)(Nc1nc(C2=CCC(O)N=C2)ncc1F)C(=O)NCC(F)(F)F. The minimum Gasteiger partial charge on any atom is -0.371 e. The number of nitrogens with one attached hydrogen (secondary N) is 2. The van der Waals surface area contributed by atoms with Gasteiger partial charge in [-0.3, -0.25) is 9.79 Å². The normalized spacial score (nSPS) is 17.7. The highest BCUT2D eigenvalue weighted by Crippen LogP contribution is 2.21. The molecule has 3 N–H and O–H groups in total. The van der Waals surface area contributed by atoms with Gasteiger partial charge in [-0.2, -0.15) is 13.2 Å². The molecule has 142 valence electrons. The van der Waals surface area contributed by atoms with Gasteiger partial charge in [-0.1, -0.05) is 6.08 Å². The van der Waals surface area contributed by atoms with Crippen LogP contribution < -0.4 is 10.6 Å². The highest BCUT2D eigenvalue weighted by atomic mass is 19.4. The number of aliphatic imine (C=N–C) groups is 1. The third kappa shape index (κ3) is 5.22. The topological polar surface area (TPSA) is 99.5 Å². The zero-order valence-corrected chi connectivity index (χ0v) is 13.9. The van der Waals surface area contributed by atoms with Crippen LogP contribution in [-0.2, 0) is 4.79 Å². The number of aliphatic hydroxyl groups excluding tert-OH is 1. The lowest BCUT2D eigenvalue weighted by molar-refractivity contribution is -0.140. The van der Waals surface area contributed by atoms with E-state index in [9.17, 15) is 27.5 Å². The Morgan fingerprint density at radius 2 is 2.08 bits per heavy atom. The van der Waals surface area contributed by atoms with Crippen molar-refractivity contribution >= 4 is 23.5 Å². The number of rotatable bonds is 5. The Balaban J connectivity index is 2.16. The first-order valence-electron chi connectivity index (χ1n) is 7.55. The maximum atomic E-state index is 14.0. The van der Waals surface area contributed by atoms with Crippen molar-refractivity contribution < 1.29 is 27.5 Å². The molecule has 1 atom stereocenters. The summed E-state index contributed by atoms with van der Waals surface area (Å²) in [5.74, 6) is -2.10. The second-order valence-electron chi connectivity index (χ2n) is 6.09. The van der Waals surface area contributed by atoms with Crippen LogP contribution in [0.15, 0.2) is 17.3 Å². The Morgan fingerprint density at radius 3 is 2.65 bits per heavy atom. The van der Waals surface area contributed by atoms with Gasteiger partial charge in [0.25, 0.3) is 0 Å². The lowest BCUT2D eigenvalue weighted by Gasteiger charge is -2.26. The number of aromatic nitrogens is 2. The van der Waals surface area contributed by atoms with Gasteiger partial charge >= 0.3 is 6.18 Å². The molecule has 1 amide bonds. The fourth-order valence-electron chi connectivity index (χ4n) is 2.01. The molecule has 0 radical (unpaired) electrons. The molecule has 0 saturated heterocycles. The Morgan fingerprint density at radius 1 is 1.38 bits per heavy atom. The van der Waals surface area contributed by atoms with Crippen molar-refractivity contribution in [1.29, 1.82) is 0 Å². The molecule has 0 bridgehead atoms. The quantitative estimate of drug-likeness (QED) is 0.680. The van der Waals surface area contributed by atoms with E-state index in [1.165, 1.54) is 20.1 Å². The third-order valence-corrected chi connectivity index (χ3v) is 3.38. The van der Waals surface area contributed by atoms with Crippen molar-refractivity contribution in [2.45, 2.75) is 38.2 Å². The Kier molecular flexibility index (Phi) is 5.59. The Labute approximate surface area is 146 Å². The van der Waals surface area contributed by atoms with Gasteiger partial charge in [-0.05, 0) is 13.8 Å². The summed E-state index contributed by atoms with van der Waals surface area (Å²) in [5.41, 5.74) is -1.12. The third-order valence-electron chi connectivity index (χ3n) is 3.38. The van der Waals surface area contributed by atoms with Crippen molar-refractivity contribution in [3.05, 3.63) is 23.9 Å². The minimum absolute atomic E-state index is 0.0936. The molecule has 7 nitrogen and oxygen atoms in total. The number of anilines is 1. The Bertz CT molecular complexity index is 746. The highest BCUT2D eigenvalue weighted by molar-refractivity contribution is 6.08. The summed E-state index contributed by atoms with van der Waals surface area (Å²) in [7, 11) is 0. The van der Waals surface area contributed by atoms with Crippen molar-refractivity contribution in [2.24, 2.45) is 4.99 Å². The van der Waals surface area contributed by atoms with Crippen molar-refractivity contribution in [3.63, 3.8) is 0 Å². The van der Waals surface area contributed by atoms with E-state index >= 15 is 0 Å². The molecule has 2 rings (SSSR count). The van der Waals surface area contributed by atoms with E-state index in [1.807, 2.05) is 0 Å². The van der Waals surface area contributed by atoms with Crippen LogP contribution in [0.5, 0.6) is 0 Å². The van der Waals surface area contributed by atoms with Crippen LogP contribution in [0.4, 0.5) is 23.4 Å². The summed E-state index contributed by atoms with van der Waals surface area (Å²) >= 11 is 0. The lowest BCUT2D eigenvalue weighted by Crippen LogP contribution is -2.50. The van der Waals surface area contributed by atoms with Crippen LogP contribution in [0.3, 0.4) is 0 Å². The first-order chi connectivity index (χ1) is 12.0. The maximum absolute atomic E-state index is 14.0. The number of amides is 1. The van der Waals surface area contributed by atoms with Gasteiger partial charge in [0.15, 0.2) is 17.5 Å². The lowest BCUT2D eigenvalue weighted by atomic mass is 10.0. The number of hydrogen-bond donors (Lipinski definition) is 3. The second-order valence-corrected chi connectivity index (χ2v) is 6.09. The molecule has 0 fully saturated rings. The molecule has 1 aliphatic rings. The summed E-state index contributed by atoms with van der Waals surface area (Å²) in [6, 6.07) is 0. The predicted octanol–water partition coefficient (Wildman–Crippen LogP) is 1.66. The number of alkyl halides is 3. The van der Waals surface area contributed by atoms with Gasteiger partial charge in [-0.15, -0.1) is 0 Å². The molecular formula is C15H17F4N5O2. The van der Waals surface area contributed by atoms with Crippen molar-refractivity contribution in [2.75, 3.05) is 11.9 Å². The number of dihydropyridines is 1. The molecule has 1 unspecified atom stereocenters. The molecule has 1 aromatic rings. The van der Waals surface area contributed by atoms with Gasteiger partial charge < -0.3 is 15.7 Å². The number of carbonyl (C=O) groups excluding carboxylic acids is 1. The van der Waals surface area contributed by atoms with Gasteiger partial charge in [0.2, 0.25) is 5.91 Å². The smallest absolute Gasteiger partial charge is 0.371 e. The highest BCUT2D eigenvalue weighted by Gasteiger charge is 2.34. The number of nitrogens with zero attached hydrogens (tertiary/aromatic N) is 3. The molecule has 0 aliphatic carbocycles. The van der Waals surface area contributed by atoms with Crippen LogP contribution in [0, 0.1) is 5.82 Å². The zero-order valence-electron chi connectivity index (χ0n) is 13.9. The number of halogens is 4. The van der Waals surface area contributed by atoms with Crippen LogP contribution in [-0.4, -0.2) is 51.7 Å². The minimum atomic E-state index is -4.56. The van der Waals surface area contributed by atoms with Gasteiger partial charge in [-0.25, -0.2) is 14.4 Å². The standard InChI is InChI=1S/C15H17F4N5O2/c1-14(2,13(26)22-7-15(17,18)19)24-12-9(16)6-21-11(23-12)8-3-4-10(25)20-5-8/h3,5-6,10,25H,4,7H2,1-2H3,(H,22,26)(H,21,23,24). The average molecular weight is 375 g/mol. The summed E-state index contributed by atoms with van der Waals surface area (Å²) < 4.78 is 50.7. The van der Waals surface area contributed by atoms with Gasteiger partial charge in [0, 0.05) is 18.2 Å². The van der Waals surface area contributed by atoms with E-state index in [4.69, 9.17) is 0 Å². The first-order valence-corrected chi connectivity index (χ1v) is 7.55. The van der Waals surface area contributed by atoms with Crippen LogP contribution in [0.1, 0.15) is 26.1 Å². The number of carbonyl (C=O) groups is 1. The summed E-state index contributed by atoms with van der Waals surface area (Å²) in [6.45, 7) is 1.08. The van der Waals surface area contributed by atoms with E-state index < -0.39 is 36.2 Å². The average Bonchev–Trinajstić information content (AvgIpc) is 2.54. The van der Waals surface area contributed by atoms with Crippen molar-refractivity contribution in [1.82, 2.24) is 15.3 Å². The van der Waals surface area contributed by atoms with Crippen molar-refractivity contribution in [3.8, 4) is 0 Å². The molecule has 0 spiro atoms. The molecule has 26 heavy (non-hydrogen) atoms. The fourth-order valence-corrected chi connectivity index (χ4v) is 2.01. The van der Waals surface area contributed by atoms with E-state index in [0.717, 1.165) is 6.20 Å². The molecular weight excluding hydrogens is 358 g/mol. The van der Waals surface area contributed by atoms with Crippen LogP contribution in [0.25, 0.3) is 5.57 Å². The van der Waals surface area contributed by atoms with E-state index in [-0.39, 0.29) is 18.1 Å². The number of allylic oxidation sites excluding steroid dienone is 1. The Hall–Kier alpha value is -2.56. The molecule has 2 heterocycles. The number of hydrogen-bond acceptors (Lipinski definition) is 6. The molecule has 11 heteroatoms. The van der Waals surface area contributed by atoms with Crippen LogP contribution >= 0.6 is 0 Å². The van der Waals surface area contributed by atoms with E-state index in [0.29, 0.717) is 5.57 Å². The molecule has 0 aromatic carbocycles. The van der Waals surface area contributed by atoms with Gasteiger partial charge in [0.1, 0.15) is 18.3 Å². The maximum Gasteiger partial charge on any atom is 0.405 e. The van der Waals surface area contributed by atoms with Gasteiger partial charge in [0.05, 0.1) is 6.20 Å². The predicted molar refractivity (Wildman–Crippen MR) is 85.8 cm³/mol. The monoisotopic (exact) mass is 375 g/mol. The largest absolute Gasteiger partial charge is 0.405 e. The van der Waals surface area contributed by atoms with E-state index in [1.54, 1.807) is 11.4 Å². The molecule has 0 saturated carbocycles. The second kappa shape index (κ2) is 7.36. The summed E-state index contributed by atoms with van der Waals surface area (Å²) in [6.07, 6.45) is -1.39. The molecule has 1 aliphatic heterocycles. The first kappa shape index (κ1) is 19.8. The van der Waals surface area contributed by atoms with Crippen LogP contribution in [0.2, 0.25) is 0 Å². The van der Waals surface area contributed by atoms with E-state index in [2.05, 4.69) is 20.3 Å². The summed E-state index contributed by atoms with van der Waals surface area (Å²) in [4.78, 5) is 23.5. The number of aliphatic hydroxyl groups is 1. The zero-order chi connectivity index (χ0) is 19.5.